The van der Waals surface area contributed by atoms with E-state index in [2.05, 4.69) is 15.3 Å². The molecule has 6 nitrogen and oxygen atoms in total. The molecule has 0 spiro atoms. The lowest BCUT2D eigenvalue weighted by atomic mass is 10.2. The molecule has 0 fully saturated rings. The fourth-order valence-corrected chi connectivity index (χ4v) is 2.89. The number of methoxy groups -OCH3 is 1. The Labute approximate surface area is 155 Å². The van der Waals surface area contributed by atoms with Gasteiger partial charge in [0.1, 0.15) is 12.4 Å². The number of carbonyl (C=O) groups is 1. The first kappa shape index (κ1) is 17.9. The minimum Gasteiger partial charge on any atom is -0.487 e. The zero-order chi connectivity index (χ0) is 18.4. The van der Waals surface area contributed by atoms with Crippen LogP contribution in [0.15, 0.2) is 48.0 Å². The number of hydrogen-bond acceptors (Lipinski definition) is 6. The number of carbonyl (C=O) groups excluding carboxylic acids is 1. The first-order valence-corrected chi connectivity index (χ1v) is 8.93. The Kier molecular flexibility index (Phi) is 5.80. The molecule has 0 radical (unpaired) electrons. The third-order valence-electron chi connectivity index (χ3n) is 3.63. The largest absolute Gasteiger partial charge is 0.487 e. The van der Waals surface area contributed by atoms with Gasteiger partial charge in [-0.2, -0.15) is 0 Å². The van der Waals surface area contributed by atoms with Gasteiger partial charge in [-0.25, -0.2) is 9.97 Å². The third kappa shape index (κ3) is 4.80. The molecule has 3 aromatic rings. The molecular formula is C19H19N3O3S. The molecule has 0 bridgehead atoms. The molecule has 3 rings (SSSR count). The van der Waals surface area contributed by atoms with Crippen LogP contribution in [0.3, 0.4) is 0 Å². The highest BCUT2D eigenvalue weighted by molar-refractivity contribution is 7.09. The van der Waals surface area contributed by atoms with E-state index in [1.807, 2.05) is 18.4 Å². The summed E-state index contributed by atoms with van der Waals surface area (Å²) in [5, 5.41) is 5.87. The van der Waals surface area contributed by atoms with Gasteiger partial charge in [-0.1, -0.05) is 0 Å². The average Bonchev–Trinajstić information content (AvgIpc) is 3.10. The molecule has 0 saturated carbocycles. The summed E-state index contributed by atoms with van der Waals surface area (Å²) in [7, 11) is 1.56. The summed E-state index contributed by atoms with van der Waals surface area (Å²) < 4.78 is 10.8. The first-order chi connectivity index (χ1) is 12.6. The molecule has 26 heavy (non-hydrogen) atoms. The Hall–Kier alpha value is -2.93. The van der Waals surface area contributed by atoms with Crippen molar-refractivity contribution < 1.29 is 14.3 Å². The van der Waals surface area contributed by atoms with Crippen molar-refractivity contribution in [1.29, 1.82) is 0 Å². The fourth-order valence-electron chi connectivity index (χ4n) is 2.29. The van der Waals surface area contributed by atoms with Crippen molar-refractivity contribution in [1.82, 2.24) is 15.3 Å². The quantitative estimate of drug-likeness (QED) is 0.691. The number of amides is 1. The minimum absolute atomic E-state index is 0.151. The summed E-state index contributed by atoms with van der Waals surface area (Å²) in [4.78, 5) is 20.7. The maximum absolute atomic E-state index is 12.3. The number of aryl methyl sites for hydroxylation is 1. The van der Waals surface area contributed by atoms with Gasteiger partial charge in [-0.15, -0.1) is 11.3 Å². The summed E-state index contributed by atoms with van der Waals surface area (Å²) in [5.74, 6) is 1.07. The number of nitrogens with one attached hydrogen (secondary N) is 1. The van der Waals surface area contributed by atoms with Crippen molar-refractivity contribution in [2.24, 2.45) is 0 Å². The van der Waals surface area contributed by atoms with Crippen LogP contribution in [0.2, 0.25) is 0 Å². The highest BCUT2D eigenvalue weighted by atomic mass is 32.1. The Morgan fingerprint density at radius 2 is 2.04 bits per heavy atom. The Balaban J connectivity index is 1.53. The van der Waals surface area contributed by atoms with Crippen LogP contribution in [0.25, 0.3) is 0 Å². The summed E-state index contributed by atoms with van der Waals surface area (Å²) in [6.07, 6.45) is 1.65. The van der Waals surface area contributed by atoms with Crippen molar-refractivity contribution >= 4 is 17.2 Å². The molecule has 0 aliphatic rings. The van der Waals surface area contributed by atoms with E-state index < -0.39 is 0 Å². The molecule has 0 unspecified atom stereocenters. The Morgan fingerprint density at radius 3 is 2.73 bits per heavy atom. The van der Waals surface area contributed by atoms with Gasteiger partial charge in [0.15, 0.2) is 0 Å². The number of rotatable bonds is 7. The smallest absolute Gasteiger partial charge is 0.251 e. The SMILES string of the molecule is COc1cc(CNC(=O)c2ccc(OCc3csc(C)n3)cc2)ccn1. The van der Waals surface area contributed by atoms with Gasteiger partial charge in [0.25, 0.3) is 5.91 Å². The van der Waals surface area contributed by atoms with Crippen LogP contribution in [-0.4, -0.2) is 23.0 Å². The van der Waals surface area contributed by atoms with Crippen molar-refractivity contribution in [3.63, 3.8) is 0 Å². The van der Waals surface area contributed by atoms with Crippen molar-refractivity contribution in [2.45, 2.75) is 20.1 Å². The van der Waals surface area contributed by atoms with E-state index in [4.69, 9.17) is 9.47 Å². The topological polar surface area (TPSA) is 73.3 Å². The zero-order valence-electron chi connectivity index (χ0n) is 14.6. The Bertz CT molecular complexity index is 878. The lowest BCUT2D eigenvalue weighted by Gasteiger charge is -2.08. The summed E-state index contributed by atoms with van der Waals surface area (Å²) in [6.45, 7) is 2.78. The normalized spacial score (nSPS) is 10.4. The molecule has 134 valence electrons. The van der Waals surface area contributed by atoms with Crippen LogP contribution in [0.1, 0.15) is 26.6 Å². The summed E-state index contributed by atoms with van der Waals surface area (Å²) >= 11 is 1.60. The van der Waals surface area contributed by atoms with Crippen LogP contribution in [0, 0.1) is 6.92 Å². The number of pyridine rings is 1. The minimum atomic E-state index is -0.151. The number of benzene rings is 1. The number of thiazole rings is 1. The molecule has 2 aromatic heterocycles. The first-order valence-electron chi connectivity index (χ1n) is 8.05. The average molecular weight is 369 g/mol. The number of nitrogens with zero attached hydrogens (tertiary/aromatic N) is 2. The van der Waals surface area contributed by atoms with E-state index in [9.17, 15) is 4.79 Å². The second-order valence-corrected chi connectivity index (χ2v) is 6.62. The van der Waals surface area contributed by atoms with Crippen molar-refractivity contribution in [3.8, 4) is 11.6 Å². The van der Waals surface area contributed by atoms with Gasteiger partial charge in [0.2, 0.25) is 5.88 Å². The molecule has 2 heterocycles. The van der Waals surface area contributed by atoms with E-state index in [1.54, 1.807) is 55.0 Å². The maximum atomic E-state index is 12.3. The third-order valence-corrected chi connectivity index (χ3v) is 4.45. The van der Waals surface area contributed by atoms with Crippen LogP contribution in [-0.2, 0) is 13.2 Å². The van der Waals surface area contributed by atoms with E-state index in [-0.39, 0.29) is 5.91 Å². The van der Waals surface area contributed by atoms with Crippen LogP contribution in [0.5, 0.6) is 11.6 Å². The lowest BCUT2D eigenvalue weighted by molar-refractivity contribution is 0.0951. The molecule has 1 amide bonds. The molecule has 7 heteroatoms. The number of ether oxygens (including phenoxy) is 2. The second-order valence-electron chi connectivity index (χ2n) is 5.56. The molecule has 1 N–H and O–H groups in total. The van der Waals surface area contributed by atoms with E-state index >= 15 is 0 Å². The van der Waals surface area contributed by atoms with Gasteiger partial charge in [-0.3, -0.25) is 4.79 Å². The monoisotopic (exact) mass is 369 g/mol. The number of aromatic nitrogens is 2. The lowest BCUT2D eigenvalue weighted by Crippen LogP contribution is -2.22. The van der Waals surface area contributed by atoms with Crippen molar-refractivity contribution in [3.05, 3.63) is 69.8 Å². The van der Waals surface area contributed by atoms with Crippen LogP contribution in [0.4, 0.5) is 0 Å². The fraction of sp³-hybridized carbons (Fsp3) is 0.211. The van der Waals surface area contributed by atoms with Crippen LogP contribution >= 0.6 is 11.3 Å². The second kappa shape index (κ2) is 8.44. The summed E-state index contributed by atoms with van der Waals surface area (Å²) in [6, 6.07) is 10.7. The van der Waals surface area contributed by atoms with Gasteiger partial charge in [-0.05, 0) is 42.8 Å². The predicted octanol–water partition coefficient (Wildman–Crippen LogP) is 3.36. The van der Waals surface area contributed by atoms with E-state index in [0.29, 0.717) is 30.3 Å². The van der Waals surface area contributed by atoms with Gasteiger partial charge >= 0.3 is 0 Å². The highest BCUT2D eigenvalue weighted by Crippen LogP contribution is 2.16. The molecule has 0 aliphatic heterocycles. The standard InChI is InChI=1S/C19H19N3O3S/c1-13-22-16(12-26-13)11-25-17-5-3-15(4-6-17)19(23)21-10-14-7-8-20-18(9-14)24-2/h3-9,12H,10-11H2,1-2H3,(H,21,23). The van der Waals surface area contributed by atoms with Gasteiger partial charge in [0, 0.05) is 29.8 Å². The molecular weight excluding hydrogens is 350 g/mol. The number of hydrogen-bond donors (Lipinski definition) is 1. The molecule has 0 saturated heterocycles. The zero-order valence-corrected chi connectivity index (χ0v) is 15.4. The molecule has 0 atom stereocenters. The Morgan fingerprint density at radius 1 is 1.23 bits per heavy atom. The van der Waals surface area contributed by atoms with Crippen LogP contribution < -0.4 is 14.8 Å². The molecule has 0 aliphatic carbocycles. The van der Waals surface area contributed by atoms with E-state index in [0.717, 1.165) is 16.3 Å². The van der Waals surface area contributed by atoms with E-state index in [1.165, 1.54) is 0 Å². The maximum Gasteiger partial charge on any atom is 0.251 e. The van der Waals surface area contributed by atoms with Gasteiger partial charge in [0.05, 0.1) is 17.8 Å². The summed E-state index contributed by atoms with van der Waals surface area (Å²) in [5.41, 5.74) is 2.40. The highest BCUT2D eigenvalue weighted by Gasteiger charge is 2.07. The van der Waals surface area contributed by atoms with Gasteiger partial charge < -0.3 is 14.8 Å². The molecule has 1 aromatic carbocycles. The van der Waals surface area contributed by atoms with Crippen molar-refractivity contribution in [2.75, 3.05) is 7.11 Å². The predicted molar refractivity (Wildman–Crippen MR) is 99.6 cm³/mol.